The molecule has 136 valence electrons. The van der Waals surface area contributed by atoms with E-state index >= 15 is 0 Å². The minimum atomic E-state index is -0.686. The molecule has 2 saturated heterocycles. The van der Waals surface area contributed by atoms with Gasteiger partial charge in [0.1, 0.15) is 0 Å². The number of halogens is 1. The number of nitrogens with zero attached hydrogens (tertiary/aromatic N) is 3. The van der Waals surface area contributed by atoms with E-state index in [9.17, 15) is 9.90 Å². The van der Waals surface area contributed by atoms with E-state index in [1.165, 1.54) is 5.56 Å². The average Bonchev–Trinajstić information content (AvgIpc) is 3.12. The fraction of sp³-hybridized carbons (Fsp3) is 0.400. The molecule has 0 spiro atoms. The first-order valence-corrected chi connectivity index (χ1v) is 9.25. The number of fused-ring (bicyclic) bond motifs is 1. The molecule has 1 aromatic heterocycles. The van der Waals surface area contributed by atoms with Crippen molar-refractivity contribution in [2.45, 2.75) is 13.1 Å². The molecule has 2 fully saturated rings. The summed E-state index contributed by atoms with van der Waals surface area (Å²) in [4.78, 5) is 20.7. The van der Waals surface area contributed by atoms with Gasteiger partial charge < -0.3 is 5.11 Å². The van der Waals surface area contributed by atoms with Gasteiger partial charge in [-0.25, -0.2) is 0 Å². The summed E-state index contributed by atoms with van der Waals surface area (Å²) in [6, 6.07) is 11.8. The number of carbonyl (C=O) groups is 1. The summed E-state index contributed by atoms with van der Waals surface area (Å²) in [5.41, 5.74) is 1.55. The molecule has 0 saturated carbocycles. The summed E-state index contributed by atoms with van der Waals surface area (Å²) < 4.78 is 0. The number of carboxylic acid groups (broad SMARTS) is 1. The highest BCUT2D eigenvalue weighted by Crippen LogP contribution is 2.43. The third kappa shape index (κ3) is 3.22. The van der Waals surface area contributed by atoms with E-state index in [2.05, 4.69) is 14.8 Å². The van der Waals surface area contributed by atoms with Crippen LogP contribution in [0.1, 0.15) is 11.1 Å². The summed E-state index contributed by atoms with van der Waals surface area (Å²) in [6.45, 7) is 4.26. The lowest BCUT2D eigenvalue weighted by Crippen LogP contribution is -2.40. The van der Waals surface area contributed by atoms with Crippen LogP contribution in [0.15, 0.2) is 48.8 Å². The van der Waals surface area contributed by atoms with E-state index in [1.54, 1.807) is 12.4 Å². The molecule has 2 atom stereocenters. The summed E-state index contributed by atoms with van der Waals surface area (Å²) in [6.07, 6.45) is 3.56. The molecule has 5 nitrogen and oxygen atoms in total. The predicted molar refractivity (Wildman–Crippen MR) is 99.8 cm³/mol. The molecule has 6 heteroatoms. The number of aliphatic carboxylic acids is 1. The lowest BCUT2D eigenvalue weighted by atomic mass is 9.81. The van der Waals surface area contributed by atoms with E-state index in [-0.39, 0.29) is 5.92 Å². The molecule has 1 N–H and O–H groups in total. The standard InChI is InChI=1S/C20H22ClN3O2/c21-18-4-2-1-3-16(18)10-24-12-17-11-23(9-15-5-7-22-8-6-15)13-20(17,14-24)19(25)26/h1-8,17H,9-14H2,(H,25,26)/t17-,20-/m0/s1. The molecule has 0 unspecified atom stereocenters. The molecule has 0 bridgehead atoms. The van der Waals surface area contributed by atoms with Crippen LogP contribution in [-0.4, -0.2) is 52.0 Å². The Balaban J connectivity index is 1.47. The number of rotatable bonds is 5. The molecule has 0 amide bonds. The van der Waals surface area contributed by atoms with Crippen molar-refractivity contribution < 1.29 is 9.90 Å². The van der Waals surface area contributed by atoms with Gasteiger partial charge in [-0.05, 0) is 29.3 Å². The third-order valence-electron chi connectivity index (χ3n) is 5.68. The first-order chi connectivity index (χ1) is 12.6. The zero-order valence-electron chi connectivity index (χ0n) is 14.5. The Morgan fingerprint density at radius 2 is 1.77 bits per heavy atom. The normalized spacial score (nSPS) is 26.1. The molecule has 2 aliphatic rings. The van der Waals surface area contributed by atoms with Gasteiger partial charge in [0, 0.05) is 62.6 Å². The molecular weight excluding hydrogens is 350 g/mol. The van der Waals surface area contributed by atoms with Crippen molar-refractivity contribution in [3.8, 4) is 0 Å². The minimum Gasteiger partial charge on any atom is -0.481 e. The van der Waals surface area contributed by atoms with E-state index in [0.29, 0.717) is 19.6 Å². The molecule has 0 aliphatic carbocycles. The van der Waals surface area contributed by atoms with E-state index in [0.717, 1.165) is 30.2 Å². The lowest BCUT2D eigenvalue weighted by molar-refractivity contribution is -0.149. The van der Waals surface area contributed by atoms with Crippen molar-refractivity contribution in [2.75, 3.05) is 26.2 Å². The van der Waals surface area contributed by atoms with Crippen LogP contribution in [0, 0.1) is 11.3 Å². The molecular formula is C20H22ClN3O2. The predicted octanol–water partition coefficient (Wildman–Crippen LogP) is 2.75. The van der Waals surface area contributed by atoms with Gasteiger partial charge in [-0.2, -0.15) is 0 Å². The average molecular weight is 372 g/mol. The Kier molecular flexibility index (Phi) is 4.69. The van der Waals surface area contributed by atoms with Gasteiger partial charge in [0.15, 0.2) is 0 Å². The van der Waals surface area contributed by atoms with Crippen molar-refractivity contribution in [3.05, 3.63) is 64.9 Å². The monoisotopic (exact) mass is 371 g/mol. The van der Waals surface area contributed by atoms with Crippen LogP contribution < -0.4 is 0 Å². The first kappa shape index (κ1) is 17.5. The van der Waals surface area contributed by atoms with E-state index < -0.39 is 11.4 Å². The van der Waals surface area contributed by atoms with Crippen LogP contribution in [0.2, 0.25) is 5.02 Å². The fourth-order valence-electron chi connectivity index (χ4n) is 4.43. The van der Waals surface area contributed by atoms with Gasteiger partial charge in [-0.1, -0.05) is 29.8 Å². The van der Waals surface area contributed by atoms with Gasteiger partial charge in [-0.15, -0.1) is 0 Å². The highest BCUT2D eigenvalue weighted by molar-refractivity contribution is 6.31. The number of carboxylic acids is 1. The lowest BCUT2D eigenvalue weighted by Gasteiger charge is -2.25. The Bertz CT molecular complexity index is 801. The number of benzene rings is 1. The zero-order valence-corrected chi connectivity index (χ0v) is 15.3. The van der Waals surface area contributed by atoms with Crippen LogP contribution in [0.4, 0.5) is 0 Å². The maximum absolute atomic E-state index is 12.2. The maximum Gasteiger partial charge on any atom is 0.312 e. The molecule has 1 aromatic carbocycles. The Labute approximate surface area is 158 Å². The molecule has 4 rings (SSSR count). The summed E-state index contributed by atoms with van der Waals surface area (Å²) >= 11 is 6.28. The zero-order chi connectivity index (χ0) is 18.1. The summed E-state index contributed by atoms with van der Waals surface area (Å²) in [7, 11) is 0. The van der Waals surface area contributed by atoms with E-state index in [4.69, 9.17) is 11.6 Å². The van der Waals surface area contributed by atoms with Crippen molar-refractivity contribution in [2.24, 2.45) is 11.3 Å². The van der Waals surface area contributed by atoms with Gasteiger partial charge in [0.2, 0.25) is 0 Å². The summed E-state index contributed by atoms with van der Waals surface area (Å²) in [5.74, 6) is -0.536. The SMILES string of the molecule is O=C(O)[C@]12CN(Cc3ccncc3)C[C@H]1CN(Cc1ccccc1Cl)C2. The number of hydrogen-bond acceptors (Lipinski definition) is 4. The molecule has 2 aromatic rings. The van der Waals surface area contributed by atoms with Gasteiger partial charge in [-0.3, -0.25) is 19.6 Å². The molecule has 26 heavy (non-hydrogen) atoms. The van der Waals surface area contributed by atoms with Gasteiger partial charge >= 0.3 is 5.97 Å². The second-order valence-electron chi connectivity index (χ2n) is 7.44. The van der Waals surface area contributed by atoms with Crippen LogP contribution in [0.25, 0.3) is 0 Å². The topological polar surface area (TPSA) is 56.7 Å². The second-order valence-corrected chi connectivity index (χ2v) is 7.85. The fourth-order valence-corrected chi connectivity index (χ4v) is 4.63. The largest absolute Gasteiger partial charge is 0.481 e. The first-order valence-electron chi connectivity index (χ1n) is 8.87. The van der Waals surface area contributed by atoms with Crippen molar-refractivity contribution >= 4 is 17.6 Å². The quantitative estimate of drug-likeness (QED) is 0.875. The van der Waals surface area contributed by atoms with Crippen molar-refractivity contribution in [3.63, 3.8) is 0 Å². The van der Waals surface area contributed by atoms with Crippen LogP contribution in [0.3, 0.4) is 0 Å². The van der Waals surface area contributed by atoms with Crippen LogP contribution >= 0.6 is 11.6 Å². The number of hydrogen-bond donors (Lipinski definition) is 1. The van der Waals surface area contributed by atoms with Crippen LogP contribution in [0.5, 0.6) is 0 Å². The second kappa shape index (κ2) is 6.99. The third-order valence-corrected chi connectivity index (χ3v) is 6.05. The number of pyridine rings is 1. The number of aromatic nitrogens is 1. The van der Waals surface area contributed by atoms with E-state index in [1.807, 2.05) is 36.4 Å². The summed E-state index contributed by atoms with van der Waals surface area (Å²) in [5, 5.41) is 10.8. The minimum absolute atomic E-state index is 0.143. The molecule has 3 heterocycles. The Hall–Kier alpha value is -1.95. The molecule has 2 aliphatic heterocycles. The van der Waals surface area contributed by atoms with Gasteiger partial charge in [0.05, 0.1) is 5.41 Å². The molecule has 0 radical (unpaired) electrons. The Morgan fingerprint density at radius 1 is 1.12 bits per heavy atom. The maximum atomic E-state index is 12.2. The van der Waals surface area contributed by atoms with Crippen molar-refractivity contribution in [1.29, 1.82) is 0 Å². The van der Waals surface area contributed by atoms with Crippen LogP contribution in [-0.2, 0) is 17.9 Å². The van der Waals surface area contributed by atoms with Gasteiger partial charge in [0.25, 0.3) is 0 Å². The highest BCUT2D eigenvalue weighted by atomic mass is 35.5. The highest BCUT2D eigenvalue weighted by Gasteiger charge is 2.57. The smallest absolute Gasteiger partial charge is 0.312 e. The number of likely N-dealkylation sites (tertiary alicyclic amines) is 2. The Morgan fingerprint density at radius 3 is 2.38 bits per heavy atom. The van der Waals surface area contributed by atoms with Crippen molar-refractivity contribution in [1.82, 2.24) is 14.8 Å².